The molecular weight excluding hydrogens is 386 g/mol. The van der Waals surface area contributed by atoms with Crippen LogP contribution in [-0.4, -0.2) is 39.6 Å². The third kappa shape index (κ3) is 4.10. The summed E-state index contributed by atoms with van der Waals surface area (Å²) in [5.41, 5.74) is 1.36. The smallest absolute Gasteiger partial charge is 0.255 e. The average molecular weight is 406 g/mol. The van der Waals surface area contributed by atoms with E-state index < -0.39 is 0 Å². The van der Waals surface area contributed by atoms with Crippen LogP contribution in [0.2, 0.25) is 0 Å². The summed E-state index contributed by atoms with van der Waals surface area (Å²) < 4.78 is 8.33. The Morgan fingerprint density at radius 1 is 1.24 bits per heavy atom. The molecule has 6 nitrogen and oxygen atoms in total. The van der Waals surface area contributed by atoms with Crippen LogP contribution in [0.1, 0.15) is 28.9 Å². The Hall–Kier alpha value is -2.15. The molecule has 132 valence electrons. The first-order valence-corrected chi connectivity index (χ1v) is 8.97. The molecule has 0 bridgehead atoms. The zero-order valence-electron chi connectivity index (χ0n) is 14.2. The van der Waals surface area contributed by atoms with Gasteiger partial charge in [0.25, 0.3) is 11.5 Å². The van der Waals surface area contributed by atoms with E-state index in [2.05, 4.69) is 20.9 Å². The lowest BCUT2D eigenvalue weighted by molar-refractivity contribution is 0.0594. The molecule has 25 heavy (non-hydrogen) atoms. The number of carbonyl (C=O) groups is 1. The van der Waals surface area contributed by atoms with Crippen LogP contribution in [0.25, 0.3) is 0 Å². The minimum Gasteiger partial charge on any atom is -0.490 e. The summed E-state index contributed by atoms with van der Waals surface area (Å²) in [4.78, 5) is 30.2. The van der Waals surface area contributed by atoms with Gasteiger partial charge in [-0.05, 0) is 35.0 Å². The zero-order chi connectivity index (χ0) is 18.0. The van der Waals surface area contributed by atoms with Crippen LogP contribution in [0, 0.1) is 6.92 Å². The first kappa shape index (κ1) is 17.7. The SMILES string of the molecule is Cc1cc(OC2CCN(C(=O)c3cncc(Br)c3)CC2)cc(=O)n1C. The standard InChI is InChI=1S/C18H20BrN3O3/c1-12-7-16(9-17(23)21(12)2)25-15-3-5-22(6-4-15)18(24)13-8-14(19)11-20-10-13/h7-11,15H,3-6H2,1-2H3. The van der Waals surface area contributed by atoms with E-state index >= 15 is 0 Å². The number of carbonyl (C=O) groups excluding carboxylic acids is 1. The van der Waals surface area contributed by atoms with Crippen LogP contribution in [0.5, 0.6) is 5.75 Å². The normalized spacial score (nSPS) is 15.2. The van der Waals surface area contributed by atoms with Crippen molar-refractivity contribution in [3.05, 3.63) is 56.7 Å². The molecule has 0 atom stereocenters. The van der Waals surface area contributed by atoms with E-state index in [9.17, 15) is 9.59 Å². The van der Waals surface area contributed by atoms with E-state index in [-0.39, 0.29) is 17.6 Å². The lowest BCUT2D eigenvalue weighted by Gasteiger charge is -2.32. The number of piperidine rings is 1. The molecular formula is C18H20BrN3O3. The molecule has 0 aromatic carbocycles. The Morgan fingerprint density at radius 2 is 1.96 bits per heavy atom. The molecule has 1 aliphatic heterocycles. The summed E-state index contributed by atoms with van der Waals surface area (Å²) in [6.45, 7) is 3.13. The van der Waals surface area contributed by atoms with Crippen LogP contribution in [0.15, 0.2) is 39.9 Å². The summed E-state index contributed by atoms with van der Waals surface area (Å²) in [6, 6.07) is 5.16. The van der Waals surface area contributed by atoms with Crippen molar-refractivity contribution in [3.63, 3.8) is 0 Å². The van der Waals surface area contributed by atoms with Crippen molar-refractivity contribution in [2.75, 3.05) is 13.1 Å². The zero-order valence-corrected chi connectivity index (χ0v) is 15.8. The van der Waals surface area contributed by atoms with Crippen molar-refractivity contribution < 1.29 is 9.53 Å². The molecule has 2 aromatic heterocycles. The minimum atomic E-state index is -0.0789. The van der Waals surface area contributed by atoms with Crippen molar-refractivity contribution in [2.45, 2.75) is 25.9 Å². The quantitative estimate of drug-likeness (QED) is 0.786. The van der Waals surface area contributed by atoms with Crippen LogP contribution in [-0.2, 0) is 7.05 Å². The number of hydrogen-bond acceptors (Lipinski definition) is 4. The second-order valence-corrected chi connectivity index (χ2v) is 7.15. The second kappa shape index (κ2) is 7.39. The number of aromatic nitrogens is 2. The molecule has 0 unspecified atom stereocenters. The van der Waals surface area contributed by atoms with Crippen LogP contribution < -0.4 is 10.3 Å². The number of halogens is 1. The molecule has 0 aliphatic carbocycles. The number of nitrogens with zero attached hydrogens (tertiary/aromatic N) is 3. The Kier molecular flexibility index (Phi) is 5.22. The summed E-state index contributed by atoms with van der Waals surface area (Å²) in [5, 5.41) is 0. The molecule has 0 radical (unpaired) electrons. The minimum absolute atomic E-state index is 0.0104. The first-order chi connectivity index (χ1) is 11.9. The van der Waals surface area contributed by atoms with Gasteiger partial charge in [0.2, 0.25) is 0 Å². The largest absolute Gasteiger partial charge is 0.490 e. The number of likely N-dealkylation sites (tertiary alicyclic amines) is 1. The fraction of sp³-hybridized carbons (Fsp3) is 0.389. The van der Waals surface area contributed by atoms with E-state index in [1.54, 1.807) is 30.1 Å². The predicted molar refractivity (Wildman–Crippen MR) is 97.9 cm³/mol. The van der Waals surface area contributed by atoms with Gasteiger partial charge >= 0.3 is 0 Å². The molecule has 0 N–H and O–H groups in total. The van der Waals surface area contributed by atoms with Gasteiger partial charge in [-0.25, -0.2) is 0 Å². The molecule has 1 fully saturated rings. The maximum absolute atomic E-state index is 12.5. The number of ether oxygens (including phenoxy) is 1. The van der Waals surface area contributed by atoms with E-state index in [0.717, 1.165) is 23.0 Å². The van der Waals surface area contributed by atoms with E-state index in [0.29, 0.717) is 24.4 Å². The summed E-state index contributed by atoms with van der Waals surface area (Å²) >= 11 is 3.34. The van der Waals surface area contributed by atoms with Gasteiger partial charge in [0, 0.05) is 61.6 Å². The van der Waals surface area contributed by atoms with Gasteiger partial charge in [0.15, 0.2) is 0 Å². The Bertz CT molecular complexity index is 842. The highest BCUT2D eigenvalue weighted by atomic mass is 79.9. The Labute approximate surface area is 154 Å². The van der Waals surface area contributed by atoms with Crippen LogP contribution in [0.4, 0.5) is 0 Å². The van der Waals surface area contributed by atoms with Crippen molar-refractivity contribution in [1.82, 2.24) is 14.5 Å². The summed E-state index contributed by atoms with van der Waals surface area (Å²) in [5.74, 6) is 0.582. The number of hydrogen-bond donors (Lipinski definition) is 0. The fourth-order valence-electron chi connectivity index (χ4n) is 2.89. The number of pyridine rings is 2. The second-order valence-electron chi connectivity index (χ2n) is 6.23. The number of amides is 1. The van der Waals surface area contributed by atoms with Crippen LogP contribution in [0.3, 0.4) is 0 Å². The highest BCUT2D eigenvalue weighted by Crippen LogP contribution is 2.20. The topological polar surface area (TPSA) is 64.4 Å². The lowest BCUT2D eigenvalue weighted by Crippen LogP contribution is -2.41. The van der Waals surface area contributed by atoms with Crippen molar-refractivity contribution in [3.8, 4) is 5.75 Å². The molecule has 1 saturated heterocycles. The molecule has 0 saturated carbocycles. The van der Waals surface area contributed by atoms with Gasteiger partial charge in [-0.2, -0.15) is 0 Å². The first-order valence-electron chi connectivity index (χ1n) is 8.18. The molecule has 2 aromatic rings. The number of aryl methyl sites for hydroxylation is 1. The maximum Gasteiger partial charge on any atom is 0.255 e. The fourth-order valence-corrected chi connectivity index (χ4v) is 3.25. The summed E-state index contributed by atoms with van der Waals surface area (Å²) in [6.07, 6.45) is 4.72. The highest BCUT2D eigenvalue weighted by Gasteiger charge is 2.25. The van der Waals surface area contributed by atoms with E-state index in [1.165, 1.54) is 6.07 Å². The molecule has 3 heterocycles. The molecule has 1 aliphatic rings. The molecule has 0 spiro atoms. The molecule has 1 amide bonds. The van der Waals surface area contributed by atoms with Gasteiger partial charge in [-0.3, -0.25) is 14.6 Å². The Morgan fingerprint density at radius 3 is 2.60 bits per heavy atom. The van der Waals surface area contributed by atoms with Crippen LogP contribution >= 0.6 is 15.9 Å². The van der Waals surface area contributed by atoms with Gasteiger partial charge < -0.3 is 14.2 Å². The lowest BCUT2D eigenvalue weighted by atomic mass is 10.1. The van der Waals surface area contributed by atoms with Gasteiger partial charge in [-0.15, -0.1) is 0 Å². The van der Waals surface area contributed by atoms with Gasteiger partial charge in [-0.1, -0.05) is 0 Å². The monoisotopic (exact) mass is 405 g/mol. The number of rotatable bonds is 3. The van der Waals surface area contributed by atoms with Crippen molar-refractivity contribution >= 4 is 21.8 Å². The molecule has 3 rings (SSSR count). The average Bonchev–Trinajstić information content (AvgIpc) is 2.59. The van der Waals surface area contributed by atoms with E-state index in [1.807, 2.05) is 17.9 Å². The predicted octanol–water partition coefficient (Wildman–Crippen LogP) is 2.53. The summed E-state index contributed by atoms with van der Waals surface area (Å²) in [7, 11) is 1.74. The van der Waals surface area contributed by atoms with Gasteiger partial charge in [0.1, 0.15) is 11.9 Å². The third-order valence-corrected chi connectivity index (χ3v) is 4.89. The third-order valence-electron chi connectivity index (χ3n) is 4.46. The Balaban J connectivity index is 1.60. The van der Waals surface area contributed by atoms with Crippen molar-refractivity contribution in [1.29, 1.82) is 0 Å². The highest BCUT2D eigenvalue weighted by molar-refractivity contribution is 9.10. The van der Waals surface area contributed by atoms with E-state index in [4.69, 9.17) is 4.74 Å². The van der Waals surface area contributed by atoms with Crippen molar-refractivity contribution in [2.24, 2.45) is 7.05 Å². The van der Waals surface area contributed by atoms with Gasteiger partial charge in [0.05, 0.1) is 5.56 Å². The maximum atomic E-state index is 12.5. The molecule has 7 heteroatoms.